The maximum absolute atomic E-state index is 13.3. The Morgan fingerprint density at radius 1 is 1.30 bits per heavy atom. The highest BCUT2D eigenvalue weighted by molar-refractivity contribution is 14.1. The molecule has 0 radical (unpaired) electrons. The normalized spacial score (nSPS) is 11.2. The van der Waals surface area contributed by atoms with E-state index in [0.29, 0.717) is 22.5 Å². The Bertz CT molecular complexity index is 644. The van der Waals surface area contributed by atoms with Crippen molar-refractivity contribution < 1.29 is 4.39 Å². The van der Waals surface area contributed by atoms with Crippen molar-refractivity contribution in [3.8, 4) is 11.4 Å². The van der Waals surface area contributed by atoms with Gasteiger partial charge in [0.15, 0.2) is 5.82 Å². The van der Waals surface area contributed by atoms with Crippen molar-refractivity contribution in [2.45, 2.75) is 27.2 Å². The smallest absolute Gasteiger partial charge is 0.161 e. The highest BCUT2D eigenvalue weighted by Gasteiger charge is 2.13. The summed E-state index contributed by atoms with van der Waals surface area (Å²) < 4.78 is 14.2. The highest BCUT2D eigenvalue weighted by atomic mass is 127. The highest BCUT2D eigenvalue weighted by Crippen LogP contribution is 2.26. The molecule has 0 aliphatic rings. The molecule has 1 heterocycles. The molecule has 20 heavy (non-hydrogen) atoms. The molecule has 0 unspecified atom stereocenters. The molecule has 0 bridgehead atoms. The van der Waals surface area contributed by atoms with Crippen LogP contribution in [0.3, 0.4) is 0 Å². The molecule has 106 valence electrons. The average molecular weight is 405 g/mol. The number of nitrogens with zero attached hydrogens (tertiary/aromatic N) is 2. The number of benzene rings is 1. The quantitative estimate of drug-likeness (QED) is 0.528. The van der Waals surface area contributed by atoms with Crippen molar-refractivity contribution >= 4 is 34.2 Å². The van der Waals surface area contributed by atoms with Gasteiger partial charge in [-0.05, 0) is 65.6 Å². The van der Waals surface area contributed by atoms with Gasteiger partial charge in [0.25, 0.3) is 0 Å². The van der Waals surface area contributed by atoms with E-state index >= 15 is 0 Å². The Hall–Kier alpha value is -0.750. The van der Waals surface area contributed by atoms with Gasteiger partial charge in [-0.15, -0.1) is 0 Å². The Morgan fingerprint density at radius 2 is 2.00 bits per heavy atom. The fraction of sp³-hybridized carbons (Fsp3) is 0.333. The first-order valence-corrected chi connectivity index (χ1v) is 7.82. The van der Waals surface area contributed by atoms with Crippen LogP contribution >= 0.6 is 34.2 Å². The monoisotopic (exact) mass is 404 g/mol. The third-order valence-corrected chi connectivity index (χ3v) is 4.62. The van der Waals surface area contributed by atoms with Crippen LogP contribution in [0.4, 0.5) is 4.39 Å². The third kappa shape index (κ3) is 3.47. The van der Waals surface area contributed by atoms with Crippen molar-refractivity contribution in [1.29, 1.82) is 0 Å². The molecule has 1 aromatic heterocycles. The zero-order valence-corrected chi connectivity index (χ0v) is 14.5. The Balaban J connectivity index is 2.51. The first-order chi connectivity index (χ1) is 9.38. The van der Waals surface area contributed by atoms with E-state index < -0.39 is 0 Å². The van der Waals surface area contributed by atoms with Crippen molar-refractivity contribution in [3.05, 3.63) is 44.0 Å². The zero-order chi connectivity index (χ0) is 14.9. The van der Waals surface area contributed by atoms with Crippen LogP contribution in [0, 0.1) is 22.2 Å². The standard InChI is InChI=1S/C15H15ClFIN2/c1-8(2)6-12-13(18)14(16)20-15(19-12)10-4-5-11(17)9(3)7-10/h4-5,7-8H,6H2,1-3H3. The van der Waals surface area contributed by atoms with Crippen LogP contribution in [0.5, 0.6) is 0 Å². The van der Waals surface area contributed by atoms with E-state index in [0.717, 1.165) is 21.2 Å². The lowest BCUT2D eigenvalue weighted by molar-refractivity contribution is 0.618. The summed E-state index contributed by atoms with van der Waals surface area (Å²) in [5.74, 6) is 0.805. The molecule has 0 fully saturated rings. The number of aryl methyl sites for hydroxylation is 1. The van der Waals surface area contributed by atoms with Gasteiger partial charge in [0, 0.05) is 5.56 Å². The van der Waals surface area contributed by atoms with Crippen molar-refractivity contribution in [1.82, 2.24) is 9.97 Å². The molecule has 0 aliphatic heterocycles. The second kappa shape index (κ2) is 6.35. The van der Waals surface area contributed by atoms with E-state index in [-0.39, 0.29) is 5.82 Å². The Kier molecular flexibility index (Phi) is 4.96. The maximum atomic E-state index is 13.3. The fourth-order valence-corrected chi connectivity index (χ4v) is 2.55. The molecular weight excluding hydrogens is 390 g/mol. The van der Waals surface area contributed by atoms with Crippen LogP contribution < -0.4 is 0 Å². The molecule has 0 saturated carbocycles. The number of aromatic nitrogens is 2. The molecule has 0 saturated heterocycles. The molecule has 0 spiro atoms. The summed E-state index contributed by atoms with van der Waals surface area (Å²) in [5, 5.41) is 0.452. The Morgan fingerprint density at radius 3 is 2.60 bits per heavy atom. The Labute approximate surface area is 136 Å². The van der Waals surface area contributed by atoms with Crippen LogP contribution in [0.2, 0.25) is 5.15 Å². The second-order valence-corrected chi connectivity index (χ2v) is 6.60. The van der Waals surface area contributed by atoms with Crippen molar-refractivity contribution in [2.24, 2.45) is 5.92 Å². The molecule has 2 aromatic rings. The number of hydrogen-bond donors (Lipinski definition) is 0. The number of halogens is 3. The van der Waals surface area contributed by atoms with E-state index in [1.807, 2.05) is 0 Å². The van der Waals surface area contributed by atoms with Gasteiger partial charge in [0.05, 0.1) is 9.26 Å². The van der Waals surface area contributed by atoms with Gasteiger partial charge in [0.1, 0.15) is 11.0 Å². The van der Waals surface area contributed by atoms with Crippen LogP contribution in [0.25, 0.3) is 11.4 Å². The van der Waals surface area contributed by atoms with Gasteiger partial charge in [0.2, 0.25) is 0 Å². The van der Waals surface area contributed by atoms with E-state index in [2.05, 4.69) is 46.4 Å². The van der Waals surface area contributed by atoms with Gasteiger partial charge < -0.3 is 0 Å². The lowest BCUT2D eigenvalue weighted by atomic mass is 10.1. The third-order valence-electron chi connectivity index (χ3n) is 2.90. The van der Waals surface area contributed by atoms with Gasteiger partial charge in [-0.2, -0.15) is 0 Å². The molecule has 2 rings (SSSR count). The lowest BCUT2D eigenvalue weighted by Crippen LogP contribution is -2.04. The second-order valence-electron chi connectivity index (χ2n) is 5.16. The topological polar surface area (TPSA) is 25.8 Å². The summed E-state index contributed by atoms with van der Waals surface area (Å²) in [6.45, 7) is 5.99. The van der Waals surface area contributed by atoms with Crippen molar-refractivity contribution in [3.63, 3.8) is 0 Å². The first-order valence-electron chi connectivity index (χ1n) is 6.37. The van der Waals surface area contributed by atoms with Gasteiger partial charge in [-0.25, -0.2) is 14.4 Å². The molecule has 2 nitrogen and oxygen atoms in total. The summed E-state index contributed by atoms with van der Waals surface area (Å²) in [6, 6.07) is 4.86. The number of hydrogen-bond acceptors (Lipinski definition) is 2. The average Bonchev–Trinajstić information content (AvgIpc) is 2.37. The van der Waals surface area contributed by atoms with Crippen LogP contribution in [-0.2, 0) is 6.42 Å². The van der Waals surface area contributed by atoms with E-state index in [1.165, 1.54) is 6.07 Å². The maximum Gasteiger partial charge on any atom is 0.161 e. The lowest BCUT2D eigenvalue weighted by Gasteiger charge is -2.10. The summed E-state index contributed by atoms with van der Waals surface area (Å²) >= 11 is 8.36. The van der Waals surface area contributed by atoms with E-state index in [9.17, 15) is 4.39 Å². The summed E-state index contributed by atoms with van der Waals surface area (Å²) in [5.41, 5.74) is 2.30. The van der Waals surface area contributed by atoms with Crippen LogP contribution in [0.15, 0.2) is 18.2 Å². The molecule has 0 amide bonds. The summed E-state index contributed by atoms with van der Waals surface area (Å²) in [7, 11) is 0. The van der Waals surface area contributed by atoms with E-state index in [4.69, 9.17) is 11.6 Å². The van der Waals surface area contributed by atoms with Gasteiger partial charge in [-0.3, -0.25) is 0 Å². The van der Waals surface area contributed by atoms with Crippen LogP contribution in [-0.4, -0.2) is 9.97 Å². The molecule has 0 N–H and O–H groups in total. The predicted octanol–water partition coefficient (Wildman–Crippen LogP) is 5.05. The van der Waals surface area contributed by atoms with Gasteiger partial charge >= 0.3 is 0 Å². The molecule has 0 aliphatic carbocycles. The largest absolute Gasteiger partial charge is 0.232 e. The molecule has 5 heteroatoms. The predicted molar refractivity (Wildman–Crippen MR) is 88.4 cm³/mol. The summed E-state index contributed by atoms with van der Waals surface area (Å²) in [6.07, 6.45) is 0.841. The van der Waals surface area contributed by atoms with E-state index in [1.54, 1.807) is 19.1 Å². The molecular formula is C15H15ClFIN2. The zero-order valence-electron chi connectivity index (χ0n) is 11.5. The minimum absolute atomic E-state index is 0.229. The number of rotatable bonds is 3. The first kappa shape index (κ1) is 15.6. The van der Waals surface area contributed by atoms with Crippen molar-refractivity contribution in [2.75, 3.05) is 0 Å². The fourth-order valence-electron chi connectivity index (χ4n) is 1.90. The molecule has 0 atom stereocenters. The van der Waals surface area contributed by atoms with Crippen LogP contribution in [0.1, 0.15) is 25.1 Å². The van der Waals surface area contributed by atoms with Gasteiger partial charge in [-0.1, -0.05) is 25.4 Å². The minimum atomic E-state index is -0.229. The summed E-state index contributed by atoms with van der Waals surface area (Å²) in [4.78, 5) is 8.89. The minimum Gasteiger partial charge on any atom is -0.232 e. The SMILES string of the molecule is Cc1cc(-c2nc(Cl)c(I)c(CC(C)C)n2)ccc1F. The molecule has 1 aromatic carbocycles.